The van der Waals surface area contributed by atoms with E-state index in [1.165, 1.54) is 0 Å². The minimum atomic E-state index is -0.665. The maximum absolute atomic E-state index is 11.6. The van der Waals surface area contributed by atoms with Gasteiger partial charge in [0.15, 0.2) is 6.10 Å². The predicted octanol–water partition coefficient (Wildman–Crippen LogP) is 2.54. The lowest BCUT2D eigenvalue weighted by Gasteiger charge is -2.29. The molecule has 4 heteroatoms. The topological polar surface area (TPSA) is 61.5 Å². The molecular formula is C16H23NO3. The van der Waals surface area contributed by atoms with E-state index in [9.17, 15) is 4.79 Å². The number of nitrogens with two attached hydrogens (primary N) is 1. The lowest BCUT2D eigenvalue weighted by molar-refractivity contribution is -0.153. The molecular weight excluding hydrogens is 254 g/mol. The third-order valence-electron chi connectivity index (χ3n) is 2.85. The van der Waals surface area contributed by atoms with Crippen LogP contribution in [0, 0.1) is 5.92 Å². The zero-order valence-electron chi connectivity index (χ0n) is 12.3. The highest BCUT2D eigenvalue weighted by molar-refractivity contribution is 5.75. The van der Waals surface area contributed by atoms with Gasteiger partial charge >= 0.3 is 5.97 Å². The van der Waals surface area contributed by atoms with Gasteiger partial charge in [-0.15, -0.1) is 0 Å². The minimum absolute atomic E-state index is 0.152. The van der Waals surface area contributed by atoms with E-state index in [4.69, 9.17) is 15.2 Å². The molecule has 1 rings (SSSR count). The van der Waals surface area contributed by atoms with E-state index in [-0.39, 0.29) is 12.0 Å². The number of para-hydroxylation sites is 1. The summed E-state index contributed by atoms with van der Waals surface area (Å²) in [4.78, 5) is 11.6. The van der Waals surface area contributed by atoms with Gasteiger partial charge in [-0.05, 0) is 31.1 Å². The Hall–Kier alpha value is -1.81. The summed E-state index contributed by atoms with van der Waals surface area (Å²) in [6, 6.07) is 8.76. The van der Waals surface area contributed by atoms with Crippen LogP contribution in [0.1, 0.15) is 20.8 Å². The third kappa shape index (κ3) is 4.70. The number of esters is 1. The van der Waals surface area contributed by atoms with Gasteiger partial charge in [-0.1, -0.05) is 38.6 Å². The molecule has 0 aliphatic heterocycles. The third-order valence-corrected chi connectivity index (χ3v) is 2.85. The average molecular weight is 277 g/mol. The number of carbonyl (C=O) groups excluding carboxylic acids is 1. The summed E-state index contributed by atoms with van der Waals surface area (Å²) >= 11 is 0. The quantitative estimate of drug-likeness (QED) is 0.614. The van der Waals surface area contributed by atoms with Gasteiger partial charge in [0.1, 0.15) is 17.9 Å². The van der Waals surface area contributed by atoms with Gasteiger partial charge in [0.2, 0.25) is 0 Å². The Balaban J connectivity index is 2.82. The molecule has 0 amide bonds. The average Bonchev–Trinajstić information content (AvgIpc) is 2.43. The van der Waals surface area contributed by atoms with Crippen molar-refractivity contribution in [1.82, 2.24) is 0 Å². The van der Waals surface area contributed by atoms with Crippen LogP contribution in [0.2, 0.25) is 0 Å². The van der Waals surface area contributed by atoms with Crippen LogP contribution in [0.4, 0.5) is 0 Å². The number of benzene rings is 1. The molecule has 110 valence electrons. The summed E-state index contributed by atoms with van der Waals surface area (Å²) in [5.74, 6) is 0.422. The van der Waals surface area contributed by atoms with E-state index in [1.54, 1.807) is 13.0 Å². The minimum Gasteiger partial charge on any atom is -0.486 e. The van der Waals surface area contributed by atoms with E-state index in [1.807, 2.05) is 44.2 Å². The van der Waals surface area contributed by atoms with Crippen molar-refractivity contribution in [2.45, 2.75) is 39.0 Å². The van der Waals surface area contributed by atoms with Gasteiger partial charge in [-0.3, -0.25) is 4.79 Å². The molecule has 1 aromatic carbocycles. The fraction of sp³-hybridized carbons (Fsp3) is 0.438. The molecule has 1 aromatic rings. The van der Waals surface area contributed by atoms with Crippen molar-refractivity contribution in [3.63, 3.8) is 0 Å². The fourth-order valence-electron chi connectivity index (χ4n) is 1.73. The molecule has 0 saturated heterocycles. The number of rotatable bonds is 7. The molecule has 2 N–H and O–H groups in total. The van der Waals surface area contributed by atoms with E-state index >= 15 is 0 Å². The summed E-state index contributed by atoms with van der Waals surface area (Å²) in [7, 11) is 0. The monoisotopic (exact) mass is 277 g/mol. The van der Waals surface area contributed by atoms with Crippen molar-refractivity contribution in [1.29, 1.82) is 0 Å². The second-order valence-electron chi connectivity index (χ2n) is 5.07. The molecule has 0 bridgehead atoms. The smallest absolute Gasteiger partial charge is 0.323 e. The molecule has 0 unspecified atom stereocenters. The number of hydrogen-bond donors (Lipinski definition) is 1. The van der Waals surface area contributed by atoms with Crippen LogP contribution in [0.15, 0.2) is 43.0 Å². The highest BCUT2D eigenvalue weighted by Crippen LogP contribution is 2.20. The molecule has 3 atom stereocenters. The molecule has 0 heterocycles. The highest BCUT2D eigenvalue weighted by atomic mass is 16.6. The molecule has 0 aromatic heterocycles. The van der Waals surface area contributed by atoms with Crippen molar-refractivity contribution < 1.29 is 14.3 Å². The number of hydrogen-bond acceptors (Lipinski definition) is 4. The summed E-state index contributed by atoms with van der Waals surface area (Å²) in [6.45, 7) is 9.32. The first kappa shape index (κ1) is 16.2. The van der Waals surface area contributed by atoms with Crippen molar-refractivity contribution in [2.24, 2.45) is 11.7 Å². The maximum atomic E-state index is 11.6. The Bertz CT molecular complexity index is 429. The van der Waals surface area contributed by atoms with Crippen LogP contribution < -0.4 is 10.5 Å². The molecule has 0 saturated carbocycles. The van der Waals surface area contributed by atoms with Gasteiger partial charge < -0.3 is 15.2 Å². The largest absolute Gasteiger partial charge is 0.486 e. The van der Waals surface area contributed by atoms with Gasteiger partial charge in [-0.25, -0.2) is 0 Å². The van der Waals surface area contributed by atoms with E-state index in [0.29, 0.717) is 0 Å². The standard InChI is InChI=1S/C16H23NO3/c1-5-14(20-16(18)12(4)17)15(11(2)3)19-13-9-7-6-8-10-13/h5-12,14-15H,1,17H2,2-4H3/t12-,14+,15+/m0/s1. The zero-order chi connectivity index (χ0) is 15.1. The van der Waals surface area contributed by atoms with Gasteiger partial charge in [0.05, 0.1) is 0 Å². The first-order chi connectivity index (χ1) is 9.45. The second kappa shape index (κ2) is 7.70. The van der Waals surface area contributed by atoms with Crippen LogP contribution in [-0.4, -0.2) is 24.2 Å². The molecule has 4 nitrogen and oxygen atoms in total. The predicted molar refractivity (Wildman–Crippen MR) is 79.4 cm³/mol. The molecule has 20 heavy (non-hydrogen) atoms. The SMILES string of the molecule is C=C[C@@H](OC(=O)[C@H](C)N)[C@H](Oc1ccccc1)C(C)C. The van der Waals surface area contributed by atoms with E-state index < -0.39 is 18.1 Å². The summed E-state index contributed by atoms with van der Waals surface area (Å²) in [6.07, 6.45) is 0.736. The number of ether oxygens (including phenoxy) is 2. The summed E-state index contributed by atoms with van der Waals surface area (Å²) in [5, 5.41) is 0. The molecule has 0 aliphatic rings. The molecule has 0 spiro atoms. The molecule has 0 aliphatic carbocycles. The Morgan fingerprint density at radius 2 is 1.85 bits per heavy atom. The summed E-state index contributed by atoms with van der Waals surface area (Å²) < 4.78 is 11.3. The first-order valence-electron chi connectivity index (χ1n) is 6.76. The van der Waals surface area contributed by atoms with Gasteiger partial charge in [0.25, 0.3) is 0 Å². The first-order valence-corrected chi connectivity index (χ1v) is 6.76. The van der Waals surface area contributed by atoms with E-state index in [2.05, 4.69) is 6.58 Å². The summed E-state index contributed by atoms with van der Waals surface area (Å²) in [5.41, 5.74) is 5.52. The van der Waals surface area contributed by atoms with Crippen LogP contribution in [0.3, 0.4) is 0 Å². The number of carbonyl (C=O) groups is 1. The van der Waals surface area contributed by atoms with E-state index in [0.717, 1.165) is 5.75 Å². The Labute approximate surface area is 120 Å². The Morgan fingerprint density at radius 1 is 1.25 bits per heavy atom. The van der Waals surface area contributed by atoms with Crippen molar-refractivity contribution >= 4 is 5.97 Å². The maximum Gasteiger partial charge on any atom is 0.323 e. The van der Waals surface area contributed by atoms with Crippen molar-refractivity contribution in [3.8, 4) is 5.75 Å². The van der Waals surface area contributed by atoms with Crippen LogP contribution >= 0.6 is 0 Å². The zero-order valence-corrected chi connectivity index (χ0v) is 12.3. The second-order valence-corrected chi connectivity index (χ2v) is 5.07. The van der Waals surface area contributed by atoms with Crippen molar-refractivity contribution in [2.75, 3.05) is 0 Å². The van der Waals surface area contributed by atoms with Gasteiger partial charge in [0, 0.05) is 0 Å². The lowest BCUT2D eigenvalue weighted by atomic mass is 10.0. The fourth-order valence-corrected chi connectivity index (χ4v) is 1.73. The lowest BCUT2D eigenvalue weighted by Crippen LogP contribution is -2.41. The Kier molecular flexibility index (Phi) is 6.25. The van der Waals surface area contributed by atoms with Gasteiger partial charge in [-0.2, -0.15) is 0 Å². The molecule has 0 radical (unpaired) electrons. The Morgan fingerprint density at radius 3 is 2.30 bits per heavy atom. The normalized spacial score (nSPS) is 15.2. The van der Waals surface area contributed by atoms with Crippen LogP contribution in [0.5, 0.6) is 5.75 Å². The highest BCUT2D eigenvalue weighted by Gasteiger charge is 2.28. The van der Waals surface area contributed by atoms with Crippen LogP contribution in [0.25, 0.3) is 0 Å². The van der Waals surface area contributed by atoms with Crippen molar-refractivity contribution in [3.05, 3.63) is 43.0 Å². The molecule has 0 fully saturated rings. The van der Waals surface area contributed by atoms with Crippen LogP contribution in [-0.2, 0) is 9.53 Å².